The van der Waals surface area contributed by atoms with E-state index in [-0.39, 0.29) is 12.1 Å². The van der Waals surface area contributed by atoms with Crippen LogP contribution in [0.25, 0.3) is 5.65 Å². The molecular weight excluding hydrogens is 504 g/mol. The predicted octanol–water partition coefficient (Wildman–Crippen LogP) is 6.37. The van der Waals surface area contributed by atoms with Crippen LogP contribution in [0.3, 0.4) is 0 Å². The number of fused-ring (bicyclic) bond motifs is 1. The lowest BCUT2D eigenvalue weighted by molar-refractivity contribution is 0.0597. The van der Waals surface area contributed by atoms with Crippen LogP contribution in [-0.4, -0.2) is 38.4 Å². The van der Waals surface area contributed by atoms with Gasteiger partial charge >= 0.3 is 6.09 Å². The number of anilines is 3. The fourth-order valence-electron chi connectivity index (χ4n) is 4.92. The Morgan fingerprint density at radius 3 is 2.42 bits per heavy atom. The maximum Gasteiger partial charge on any atom is 0.420 e. The van der Waals surface area contributed by atoms with E-state index in [1.807, 2.05) is 88.4 Å². The van der Waals surface area contributed by atoms with Gasteiger partial charge in [-0.15, -0.1) is 0 Å². The fourth-order valence-corrected chi connectivity index (χ4v) is 4.92. The van der Waals surface area contributed by atoms with E-state index in [1.165, 1.54) is 0 Å². The van der Waals surface area contributed by atoms with Crippen LogP contribution in [0.2, 0.25) is 0 Å². The summed E-state index contributed by atoms with van der Waals surface area (Å²) in [7, 11) is 0. The van der Waals surface area contributed by atoms with Gasteiger partial charge in [-0.2, -0.15) is 9.61 Å². The zero-order valence-corrected chi connectivity index (χ0v) is 23.6. The number of benzene rings is 2. The Hall–Kier alpha value is -4.11. The number of carbonyl (C=O) groups is 1. The molecule has 1 saturated carbocycles. The highest BCUT2D eigenvalue weighted by molar-refractivity contribution is 5.97. The van der Waals surface area contributed by atoms with Crippen LogP contribution >= 0.6 is 0 Å². The molecule has 40 heavy (non-hydrogen) atoms. The van der Waals surface area contributed by atoms with Crippen molar-refractivity contribution in [2.45, 2.75) is 77.7 Å². The van der Waals surface area contributed by atoms with E-state index in [1.54, 1.807) is 15.6 Å². The van der Waals surface area contributed by atoms with E-state index < -0.39 is 11.7 Å². The summed E-state index contributed by atoms with van der Waals surface area (Å²) in [6, 6.07) is 19.8. The summed E-state index contributed by atoms with van der Waals surface area (Å²) in [5, 5.41) is 8.14. The maximum absolute atomic E-state index is 13.8. The van der Waals surface area contributed by atoms with Crippen LogP contribution in [0.1, 0.15) is 57.6 Å². The van der Waals surface area contributed by atoms with E-state index in [9.17, 15) is 4.79 Å². The van der Waals surface area contributed by atoms with Crippen LogP contribution < -0.4 is 20.7 Å². The van der Waals surface area contributed by atoms with Crippen molar-refractivity contribution >= 4 is 29.1 Å². The zero-order chi connectivity index (χ0) is 28.3. The molecule has 0 aliphatic heterocycles. The van der Waals surface area contributed by atoms with Crippen LogP contribution in [0.15, 0.2) is 66.9 Å². The molecule has 1 aliphatic carbocycles. The number of hydrogen-bond acceptors (Lipinski definition) is 7. The number of carbonyl (C=O) groups excluding carboxylic acids is 1. The number of rotatable bonds is 7. The lowest BCUT2D eigenvalue weighted by Gasteiger charge is -2.31. The van der Waals surface area contributed by atoms with Crippen molar-refractivity contribution in [1.29, 1.82) is 0 Å². The summed E-state index contributed by atoms with van der Waals surface area (Å²) in [4.78, 5) is 20.2. The second kappa shape index (κ2) is 11.6. The molecule has 1 aliphatic rings. The minimum Gasteiger partial charge on any atom is -0.489 e. The summed E-state index contributed by atoms with van der Waals surface area (Å²) < 4.78 is 13.6. The van der Waals surface area contributed by atoms with Gasteiger partial charge in [0.2, 0.25) is 0 Å². The van der Waals surface area contributed by atoms with Crippen molar-refractivity contribution in [2.75, 3.05) is 10.2 Å². The van der Waals surface area contributed by atoms with Gasteiger partial charge in [0.15, 0.2) is 11.5 Å². The largest absolute Gasteiger partial charge is 0.489 e. The molecule has 0 radical (unpaired) electrons. The quantitative estimate of drug-likeness (QED) is 0.279. The summed E-state index contributed by atoms with van der Waals surface area (Å²) in [6.45, 7) is 7.97. The van der Waals surface area contributed by atoms with Gasteiger partial charge in [0, 0.05) is 23.7 Å². The standard InChI is InChI=1S/C31H38N6O3/c1-21-28(34-24-12-10-23(32)11-13-24)35-27-18-19-33-37(27)29(21)36(30(38)40-31(2,3)4)25-14-16-26(17-15-25)39-20-22-8-6-5-7-9-22/h5-9,14-19,23-24H,10-13,20,32H2,1-4H3,(H,34,35). The first-order valence-electron chi connectivity index (χ1n) is 13.8. The van der Waals surface area contributed by atoms with Crippen molar-refractivity contribution in [3.8, 4) is 5.75 Å². The van der Waals surface area contributed by atoms with Crippen molar-refractivity contribution < 1.29 is 14.3 Å². The van der Waals surface area contributed by atoms with Crippen molar-refractivity contribution in [2.24, 2.45) is 5.73 Å². The minimum atomic E-state index is -0.694. The Morgan fingerprint density at radius 1 is 1.05 bits per heavy atom. The summed E-state index contributed by atoms with van der Waals surface area (Å²) in [5.41, 5.74) is 8.57. The first kappa shape index (κ1) is 27.5. The van der Waals surface area contributed by atoms with E-state index in [0.717, 1.165) is 42.6 Å². The molecule has 2 heterocycles. The minimum absolute atomic E-state index is 0.252. The Labute approximate surface area is 235 Å². The Morgan fingerprint density at radius 2 is 1.75 bits per heavy atom. The van der Waals surface area contributed by atoms with Crippen LogP contribution in [0, 0.1) is 6.92 Å². The van der Waals surface area contributed by atoms with E-state index in [2.05, 4.69) is 10.4 Å². The normalized spacial score (nSPS) is 17.4. The lowest BCUT2D eigenvalue weighted by atomic mass is 9.92. The third-order valence-corrected chi connectivity index (χ3v) is 6.98. The van der Waals surface area contributed by atoms with E-state index >= 15 is 0 Å². The summed E-state index contributed by atoms with van der Waals surface area (Å²) >= 11 is 0. The number of hydrogen-bond donors (Lipinski definition) is 2. The molecule has 1 amide bonds. The van der Waals surface area contributed by atoms with Crippen molar-refractivity contribution in [1.82, 2.24) is 14.6 Å². The molecule has 0 unspecified atom stereocenters. The Balaban J connectivity index is 1.51. The number of aromatic nitrogens is 3. The van der Waals surface area contributed by atoms with Crippen molar-refractivity contribution in [3.05, 3.63) is 78.0 Å². The number of amides is 1. The SMILES string of the molecule is Cc1c(NC2CCC(N)CC2)nc2ccnn2c1N(C(=O)OC(C)(C)C)c1ccc(OCc2ccccc2)cc1. The third kappa shape index (κ3) is 6.37. The van der Waals surface area contributed by atoms with Crippen LogP contribution in [-0.2, 0) is 11.3 Å². The lowest BCUT2D eigenvalue weighted by Crippen LogP contribution is -2.36. The average Bonchev–Trinajstić information content (AvgIpc) is 3.39. The second-order valence-electron chi connectivity index (χ2n) is 11.4. The van der Waals surface area contributed by atoms with Gasteiger partial charge in [-0.25, -0.2) is 14.7 Å². The highest BCUT2D eigenvalue weighted by atomic mass is 16.6. The highest BCUT2D eigenvalue weighted by Crippen LogP contribution is 2.35. The molecule has 2 aromatic heterocycles. The maximum atomic E-state index is 13.8. The first-order chi connectivity index (χ1) is 19.2. The smallest absolute Gasteiger partial charge is 0.420 e. The molecule has 1 fully saturated rings. The van der Waals surface area contributed by atoms with Crippen LogP contribution in [0.4, 0.5) is 22.1 Å². The molecule has 9 nitrogen and oxygen atoms in total. The van der Waals surface area contributed by atoms with E-state index in [4.69, 9.17) is 20.2 Å². The number of ether oxygens (including phenoxy) is 2. The molecule has 0 bridgehead atoms. The molecule has 0 saturated heterocycles. The van der Waals surface area contributed by atoms with Gasteiger partial charge in [-0.3, -0.25) is 0 Å². The molecule has 9 heteroatoms. The Bertz CT molecular complexity index is 1440. The number of nitrogens with two attached hydrogens (primary N) is 1. The second-order valence-corrected chi connectivity index (χ2v) is 11.4. The monoisotopic (exact) mass is 542 g/mol. The first-order valence-corrected chi connectivity index (χ1v) is 13.8. The van der Waals surface area contributed by atoms with Crippen LogP contribution in [0.5, 0.6) is 5.75 Å². The fraction of sp³-hybridized carbons (Fsp3) is 0.387. The topological polar surface area (TPSA) is 107 Å². The molecule has 2 aromatic carbocycles. The van der Waals surface area contributed by atoms with Gasteiger partial charge in [-0.1, -0.05) is 30.3 Å². The van der Waals surface area contributed by atoms with E-state index in [0.29, 0.717) is 29.5 Å². The molecule has 4 aromatic rings. The third-order valence-electron chi connectivity index (χ3n) is 6.98. The van der Waals surface area contributed by atoms with Gasteiger partial charge < -0.3 is 20.5 Å². The Kier molecular flexibility index (Phi) is 7.93. The molecule has 0 spiro atoms. The molecule has 0 atom stereocenters. The zero-order valence-electron chi connectivity index (χ0n) is 23.6. The average molecular weight is 543 g/mol. The predicted molar refractivity (Wildman–Crippen MR) is 157 cm³/mol. The van der Waals surface area contributed by atoms with Gasteiger partial charge in [-0.05, 0) is 83.2 Å². The highest BCUT2D eigenvalue weighted by Gasteiger charge is 2.30. The molecule has 5 rings (SSSR count). The van der Waals surface area contributed by atoms with Gasteiger partial charge in [0.05, 0.1) is 11.9 Å². The summed E-state index contributed by atoms with van der Waals surface area (Å²) in [5.74, 6) is 1.99. The number of nitrogens with zero attached hydrogens (tertiary/aromatic N) is 4. The van der Waals surface area contributed by atoms with Gasteiger partial charge in [0.1, 0.15) is 23.8 Å². The van der Waals surface area contributed by atoms with Crippen molar-refractivity contribution in [3.63, 3.8) is 0 Å². The molecular formula is C31H38N6O3. The summed E-state index contributed by atoms with van der Waals surface area (Å²) in [6.07, 6.45) is 5.07. The van der Waals surface area contributed by atoms with Gasteiger partial charge in [0.25, 0.3) is 0 Å². The molecule has 210 valence electrons. The molecule has 3 N–H and O–H groups in total. The number of nitrogens with one attached hydrogen (secondary N) is 1.